The molecular weight excluding hydrogens is 321 g/mol. The molecule has 0 spiro atoms. The fraction of sp³-hybridized carbons (Fsp3) is 0.250. The molecule has 0 saturated heterocycles. The molecule has 0 amide bonds. The van der Waals surface area contributed by atoms with Crippen LogP contribution < -0.4 is 5.73 Å². The van der Waals surface area contributed by atoms with Gasteiger partial charge in [0.15, 0.2) is 0 Å². The Morgan fingerprint density at radius 1 is 1.67 bits per heavy atom. The molecule has 0 atom stereocenters. The van der Waals surface area contributed by atoms with E-state index in [0.717, 1.165) is 6.07 Å². The molecule has 0 radical (unpaired) electrons. The molecule has 0 unspecified atom stereocenters. The summed E-state index contributed by atoms with van der Waals surface area (Å²) < 4.78 is 25.0. The van der Waals surface area contributed by atoms with Gasteiger partial charge in [0.25, 0.3) is 6.43 Å². The van der Waals surface area contributed by atoms with Gasteiger partial charge in [0.2, 0.25) is 0 Å². The van der Waals surface area contributed by atoms with Crippen LogP contribution in [0.3, 0.4) is 0 Å². The van der Waals surface area contributed by atoms with Gasteiger partial charge < -0.3 is 10.8 Å². The number of pyridine rings is 1. The van der Waals surface area contributed by atoms with Gasteiger partial charge >= 0.3 is 5.97 Å². The highest BCUT2D eigenvalue weighted by atomic mass is 127. The highest BCUT2D eigenvalue weighted by Crippen LogP contribution is 2.23. The average Bonchev–Trinajstić information content (AvgIpc) is 2.17. The van der Waals surface area contributed by atoms with Crippen LogP contribution in [0.2, 0.25) is 0 Å². The second kappa shape index (κ2) is 4.79. The maximum Gasteiger partial charge on any atom is 0.336 e. The zero-order valence-corrected chi connectivity index (χ0v) is 9.53. The Labute approximate surface area is 97.6 Å². The lowest BCUT2D eigenvalue weighted by Crippen LogP contribution is -2.11. The maximum absolute atomic E-state index is 12.4. The number of carboxylic acids is 1. The Bertz CT molecular complexity index is 398. The van der Waals surface area contributed by atoms with E-state index in [1.807, 2.05) is 0 Å². The molecule has 0 aliphatic carbocycles. The standard InChI is InChI=1S/C8H7F2IN2O2/c9-7(10)4-1-3(8(14)15)6(11)5(2-12)13-4/h1,7H,2,12H2,(H,14,15). The lowest BCUT2D eigenvalue weighted by atomic mass is 10.2. The molecule has 0 aliphatic rings. The van der Waals surface area contributed by atoms with Gasteiger partial charge in [-0.05, 0) is 28.7 Å². The van der Waals surface area contributed by atoms with Gasteiger partial charge in [0, 0.05) is 6.54 Å². The summed E-state index contributed by atoms with van der Waals surface area (Å²) in [4.78, 5) is 14.3. The monoisotopic (exact) mass is 328 g/mol. The number of halogens is 3. The van der Waals surface area contributed by atoms with Crippen molar-refractivity contribution in [3.8, 4) is 0 Å². The summed E-state index contributed by atoms with van der Waals surface area (Å²) in [6.45, 7) is -0.0703. The number of carbonyl (C=O) groups is 1. The number of alkyl halides is 2. The van der Waals surface area contributed by atoms with Crippen molar-refractivity contribution in [1.82, 2.24) is 4.98 Å². The molecule has 4 nitrogen and oxygen atoms in total. The molecule has 0 fully saturated rings. The highest BCUT2D eigenvalue weighted by Gasteiger charge is 2.18. The van der Waals surface area contributed by atoms with Crippen molar-refractivity contribution in [3.63, 3.8) is 0 Å². The Morgan fingerprint density at radius 2 is 2.27 bits per heavy atom. The van der Waals surface area contributed by atoms with E-state index in [-0.39, 0.29) is 17.8 Å². The molecule has 1 aromatic heterocycles. The van der Waals surface area contributed by atoms with Crippen molar-refractivity contribution >= 4 is 28.6 Å². The van der Waals surface area contributed by atoms with Crippen LogP contribution in [0.25, 0.3) is 0 Å². The smallest absolute Gasteiger partial charge is 0.336 e. The SMILES string of the molecule is NCc1nc(C(F)F)cc(C(=O)O)c1I. The van der Waals surface area contributed by atoms with Crippen molar-refractivity contribution < 1.29 is 18.7 Å². The lowest BCUT2D eigenvalue weighted by Gasteiger charge is -2.07. The third-order valence-corrected chi connectivity index (χ3v) is 2.90. The summed E-state index contributed by atoms with van der Waals surface area (Å²) in [5.41, 5.74) is 4.70. The average molecular weight is 328 g/mol. The van der Waals surface area contributed by atoms with E-state index >= 15 is 0 Å². The highest BCUT2D eigenvalue weighted by molar-refractivity contribution is 14.1. The number of aromatic carboxylic acids is 1. The van der Waals surface area contributed by atoms with Crippen LogP contribution in [0, 0.1) is 3.57 Å². The number of carboxylic acid groups (broad SMARTS) is 1. The van der Waals surface area contributed by atoms with Gasteiger partial charge in [0.1, 0.15) is 5.69 Å². The van der Waals surface area contributed by atoms with Crippen molar-refractivity contribution in [3.05, 3.63) is 26.6 Å². The van der Waals surface area contributed by atoms with E-state index in [2.05, 4.69) is 4.98 Å². The summed E-state index contributed by atoms with van der Waals surface area (Å²) in [6.07, 6.45) is -2.80. The van der Waals surface area contributed by atoms with E-state index < -0.39 is 18.1 Å². The Hall–Kier alpha value is -0.830. The maximum atomic E-state index is 12.4. The second-order valence-electron chi connectivity index (χ2n) is 2.67. The minimum absolute atomic E-state index is 0.0703. The van der Waals surface area contributed by atoms with E-state index in [4.69, 9.17) is 10.8 Å². The molecule has 1 rings (SSSR count). The summed E-state index contributed by atoms with van der Waals surface area (Å²) in [6, 6.07) is 0.869. The number of nitrogens with two attached hydrogens (primary N) is 1. The Kier molecular flexibility index (Phi) is 3.91. The molecule has 1 aromatic rings. The molecular formula is C8H7F2IN2O2. The van der Waals surface area contributed by atoms with Crippen molar-refractivity contribution in [2.75, 3.05) is 0 Å². The number of hydrogen-bond acceptors (Lipinski definition) is 3. The van der Waals surface area contributed by atoms with E-state index in [9.17, 15) is 13.6 Å². The third kappa shape index (κ3) is 2.59. The predicted octanol–water partition coefficient (Wildman–Crippen LogP) is 1.78. The van der Waals surface area contributed by atoms with E-state index in [1.165, 1.54) is 0 Å². The minimum Gasteiger partial charge on any atom is -0.478 e. The number of hydrogen-bond donors (Lipinski definition) is 2. The van der Waals surface area contributed by atoms with Gasteiger partial charge in [-0.1, -0.05) is 0 Å². The largest absolute Gasteiger partial charge is 0.478 e. The zero-order valence-electron chi connectivity index (χ0n) is 7.38. The van der Waals surface area contributed by atoms with Crippen LogP contribution in [0.15, 0.2) is 6.07 Å². The molecule has 0 aromatic carbocycles. The molecule has 0 bridgehead atoms. The van der Waals surface area contributed by atoms with Gasteiger partial charge in [-0.2, -0.15) is 0 Å². The first kappa shape index (κ1) is 12.2. The van der Waals surface area contributed by atoms with Crippen LogP contribution in [-0.4, -0.2) is 16.1 Å². The van der Waals surface area contributed by atoms with E-state index in [0.29, 0.717) is 3.57 Å². The molecule has 3 N–H and O–H groups in total. The molecule has 82 valence electrons. The van der Waals surface area contributed by atoms with Crippen molar-refractivity contribution in [2.45, 2.75) is 13.0 Å². The van der Waals surface area contributed by atoms with Crippen LogP contribution in [0.5, 0.6) is 0 Å². The molecule has 0 aliphatic heterocycles. The quantitative estimate of drug-likeness (QED) is 0.830. The van der Waals surface area contributed by atoms with Crippen LogP contribution in [0.4, 0.5) is 8.78 Å². The number of rotatable bonds is 3. The summed E-state index contributed by atoms with van der Waals surface area (Å²) in [5, 5.41) is 8.77. The number of aromatic nitrogens is 1. The fourth-order valence-electron chi connectivity index (χ4n) is 1.01. The van der Waals surface area contributed by atoms with Gasteiger partial charge in [0.05, 0.1) is 14.8 Å². The first-order valence-electron chi connectivity index (χ1n) is 3.88. The van der Waals surface area contributed by atoms with Crippen LogP contribution in [-0.2, 0) is 6.54 Å². The topological polar surface area (TPSA) is 76.2 Å². The third-order valence-electron chi connectivity index (χ3n) is 1.69. The van der Waals surface area contributed by atoms with Crippen LogP contribution >= 0.6 is 22.6 Å². The first-order chi connectivity index (χ1) is 6.97. The molecule has 15 heavy (non-hydrogen) atoms. The van der Waals surface area contributed by atoms with Crippen molar-refractivity contribution in [1.29, 1.82) is 0 Å². The zero-order chi connectivity index (χ0) is 11.6. The minimum atomic E-state index is -2.80. The second-order valence-corrected chi connectivity index (χ2v) is 3.74. The predicted molar refractivity (Wildman–Crippen MR) is 56.8 cm³/mol. The van der Waals surface area contributed by atoms with Crippen molar-refractivity contribution in [2.24, 2.45) is 5.73 Å². The summed E-state index contributed by atoms with van der Waals surface area (Å²) in [5.74, 6) is -1.27. The number of nitrogens with zero attached hydrogens (tertiary/aromatic N) is 1. The van der Waals surface area contributed by atoms with Crippen LogP contribution in [0.1, 0.15) is 28.2 Å². The normalized spacial score (nSPS) is 10.7. The first-order valence-corrected chi connectivity index (χ1v) is 4.96. The Balaban J connectivity index is 3.38. The van der Waals surface area contributed by atoms with E-state index in [1.54, 1.807) is 22.6 Å². The lowest BCUT2D eigenvalue weighted by molar-refractivity contribution is 0.0694. The molecule has 0 saturated carbocycles. The fourth-order valence-corrected chi connectivity index (χ4v) is 1.73. The summed E-state index contributed by atoms with van der Waals surface area (Å²) in [7, 11) is 0. The van der Waals surface area contributed by atoms with Gasteiger partial charge in [-0.3, -0.25) is 0 Å². The van der Waals surface area contributed by atoms with Gasteiger partial charge in [-0.15, -0.1) is 0 Å². The Morgan fingerprint density at radius 3 is 2.67 bits per heavy atom. The summed E-state index contributed by atoms with van der Waals surface area (Å²) >= 11 is 1.73. The van der Waals surface area contributed by atoms with Gasteiger partial charge in [-0.25, -0.2) is 18.6 Å². The molecule has 1 heterocycles. The molecule has 7 heteroatoms.